The Kier molecular flexibility index (Phi) is 5.66. The zero-order chi connectivity index (χ0) is 18.5. The van der Waals surface area contributed by atoms with Crippen LogP contribution in [0.4, 0.5) is 4.39 Å². The highest BCUT2D eigenvalue weighted by atomic mass is 19.1. The summed E-state index contributed by atoms with van der Waals surface area (Å²) in [6, 6.07) is 15.8. The molecular formula is C21H23FN2O2. The third-order valence-electron chi connectivity index (χ3n) is 4.92. The second kappa shape index (κ2) is 8.13. The highest BCUT2D eigenvalue weighted by Gasteiger charge is 2.29. The van der Waals surface area contributed by atoms with Gasteiger partial charge >= 0.3 is 0 Å². The Hall–Kier alpha value is -2.69. The van der Waals surface area contributed by atoms with Gasteiger partial charge in [0.2, 0.25) is 5.91 Å². The Bertz CT molecular complexity index is 771. The molecule has 0 bridgehead atoms. The van der Waals surface area contributed by atoms with Crippen LogP contribution < -0.4 is 5.32 Å². The van der Waals surface area contributed by atoms with Crippen molar-refractivity contribution < 1.29 is 14.0 Å². The molecule has 1 heterocycles. The summed E-state index contributed by atoms with van der Waals surface area (Å²) in [5, 5.41) is 3.05. The SMILES string of the molecule is C[C@@H](NC(=O)C1CCN(C(=O)c2ccccc2F)CC1)c1ccccc1. The van der Waals surface area contributed by atoms with Crippen LogP contribution in [-0.2, 0) is 4.79 Å². The number of rotatable bonds is 4. The van der Waals surface area contributed by atoms with Crippen LogP contribution >= 0.6 is 0 Å². The van der Waals surface area contributed by atoms with Crippen molar-refractivity contribution in [2.24, 2.45) is 5.92 Å². The first-order chi connectivity index (χ1) is 12.6. The van der Waals surface area contributed by atoms with Crippen LogP contribution in [0.15, 0.2) is 54.6 Å². The van der Waals surface area contributed by atoms with Gasteiger partial charge in [-0.05, 0) is 37.5 Å². The first kappa shape index (κ1) is 18.1. The number of nitrogens with zero attached hydrogens (tertiary/aromatic N) is 1. The fraction of sp³-hybridized carbons (Fsp3) is 0.333. The minimum absolute atomic E-state index is 0.0133. The van der Waals surface area contributed by atoms with Crippen LogP contribution in [-0.4, -0.2) is 29.8 Å². The number of benzene rings is 2. The third kappa shape index (κ3) is 4.10. The summed E-state index contributed by atoms with van der Waals surface area (Å²) < 4.78 is 13.8. The van der Waals surface area contributed by atoms with Crippen molar-refractivity contribution in [2.75, 3.05) is 13.1 Å². The molecule has 0 radical (unpaired) electrons. The molecule has 0 aromatic heterocycles. The van der Waals surface area contributed by atoms with Gasteiger partial charge in [-0.25, -0.2) is 4.39 Å². The molecule has 0 aliphatic carbocycles. The second-order valence-corrected chi connectivity index (χ2v) is 6.69. The molecule has 1 N–H and O–H groups in total. The molecule has 5 heteroatoms. The van der Waals surface area contributed by atoms with Crippen molar-refractivity contribution in [1.82, 2.24) is 10.2 Å². The van der Waals surface area contributed by atoms with Gasteiger partial charge in [-0.3, -0.25) is 9.59 Å². The number of nitrogens with one attached hydrogen (secondary N) is 1. The van der Waals surface area contributed by atoms with E-state index in [9.17, 15) is 14.0 Å². The first-order valence-electron chi connectivity index (χ1n) is 8.95. The lowest BCUT2D eigenvalue weighted by molar-refractivity contribution is -0.127. The highest BCUT2D eigenvalue weighted by molar-refractivity contribution is 5.94. The van der Waals surface area contributed by atoms with Crippen LogP contribution in [0.1, 0.15) is 41.7 Å². The van der Waals surface area contributed by atoms with E-state index in [2.05, 4.69) is 5.32 Å². The molecule has 136 valence electrons. The summed E-state index contributed by atoms with van der Waals surface area (Å²) >= 11 is 0. The molecule has 1 saturated heterocycles. The molecule has 0 unspecified atom stereocenters. The van der Waals surface area contributed by atoms with Crippen molar-refractivity contribution in [1.29, 1.82) is 0 Å². The fourth-order valence-corrected chi connectivity index (χ4v) is 3.31. The van der Waals surface area contributed by atoms with Crippen molar-refractivity contribution in [3.05, 3.63) is 71.5 Å². The normalized spacial score (nSPS) is 16.2. The van der Waals surface area contributed by atoms with Gasteiger partial charge in [-0.2, -0.15) is 0 Å². The summed E-state index contributed by atoms with van der Waals surface area (Å²) in [7, 11) is 0. The Balaban J connectivity index is 1.54. The van der Waals surface area contributed by atoms with E-state index in [1.807, 2.05) is 37.3 Å². The molecule has 3 rings (SSSR count). The molecule has 1 atom stereocenters. The van der Waals surface area contributed by atoms with E-state index in [-0.39, 0.29) is 29.3 Å². The second-order valence-electron chi connectivity index (χ2n) is 6.69. The van der Waals surface area contributed by atoms with Gasteiger partial charge < -0.3 is 10.2 Å². The van der Waals surface area contributed by atoms with E-state index in [1.54, 1.807) is 17.0 Å². The topological polar surface area (TPSA) is 49.4 Å². The number of halogens is 1. The maximum absolute atomic E-state index is 13.8. The van der Waals surface area contributed by atoms with Crippen molar-refractivity contribution in [3.8, 4) is 0 Å². The average Bonchev–Trinajstić information content (AvgIpc) is 2.68. The van der Waals surface area contributed by atoms with Crippen LogP contribution in [0, 0.1) is 11.7 Å². The molecule has 1 aliphatic heterocycles. The Morgan fingerprint density at radius 3 is 2.31 bits per heavy atom. The summed E-state index contributed by atoms with van der Waals surface area (Å²) in [6.45, 7) is 2.89. The van der Waals surface area contributed by atoms with Crippen LogP contribution in [0.3, 0.4) is 0 Å². The molecule has 4 nitrogen and oxygen atoms in total. The molecule has 2 amide bonds. The van der Waals surface area contributed by atoms with E-state index < -0.39 is 5.82 Å². The number of carbonyl (C=O) groups excluding carboxylic acids is 2. The molecule has 26 heavy (non-hydrogen) atoms. The van der Waals surface area contributed by atoms with Crippen LogP contribution in [0.5, 0.6) is 0 Å². The molecule has 2 aromatic carbocycles. The van der Waals surface area contributed by atoms with Crippen molar-refractivity contribution in [3.63, 3.8) is 0 Å². The molecule has 2 aromatic rings. The Morgan fingerprint density at radius 2 is 1.65 bits per heavy atom. The van der Waals surface area contributed by atoms with Crippen molar-refractivity contribution >= 4 is 11.8 Å². The lowest BCUT2D eigenvalue weighted by Gasteiger charge is -2.32. The quantitative estimate of drug-likeness (QED) is 0.913. The van der Waals surface area contributed by atoms with E-state index in [4.69, 9.17) is 0 Å². The van der Waals surface area contributed by atoms with E-state index in [0.717, 1.165) is 5.56 Å². The van der Waals surface area contributed by atoms with Gasteiger partial charge in [0.05, 0.1) is 11.6 Å². The van der Waals surface area contributed by atoms with Gasteiger partial charge in [0.1, 0.15) is 5.82 Å². The number of likely N-dealkylation sites (tertiary alicyclic amines) is 1. The summed E-state index contributed by atoms with van der Waals surface area (Å²) in [6.07, 6.45) is 1.18. The maximum atomic E-state index is 13.8. The lowest BCUT2D eigenvalue weighted by Crippen LogP contribution is -2.43. The maximum Gasteiger partial charge on any atom is 0.256 e. The largest absolute Gasteiger partial charge is 0.349 e. The van der Waals surface area contributed by atoms with Crippen LogP contribution in [0.2, 0.25) is 0 Å². The predicted octanol–water partition coefficient (Wildman–Crippen LogP) is 3.56. The van der Waals surface area contributed by atoms with Crippen LogP contribution in [0.25, 0.3) is 0 Å². The smallest absolute Gasteiger partial charge is 0.256 e. The van der Waals surface area contributed by atoms with Gasteiger partial charge in [0, 0.05) is 19.0 Å². The van der Waals surface area contributed by atoms with Gasteiger partial charge in [-0.15, -0.1) is 0 Å². The summed E-state index contributed by atoms with van der Waals surface area (Å²) in [5.41, 5.74) is 1.15. The third-order valence-corrected chi connectivity index (χ3v) is 4.92. The van der Waals surface area contributed by atoms with Gasteiger partial charge in [0.25, 0.3) is 5.91 Å². The van der Waals surface area contributed by atoms with Gasteiger partial charge in [0.15, 0.2) is 0 Å². The number of piperidine rings is 1. The zero-order valence-electron chi connectivity index (χ0n) is 14.8. The van der Waals surface area contributed by atoms with E-state index in [0.29, 0.717) is 25.9 Å². The Morgan fingerprint density at radius 1 is 1.04 bits per heavy atom. The first-order valence-corrected chi connectivity index (χ1v) is 8.95. The molecular weight excluding hydrogens is 331 g/mol. The monoisotopic (exact) mass is 354 g/mol. The summed E-state index contributed by atoms with van der Waals surface area (Å²) in [5.74, 6) is -0.918. The number of hydrogen-bond acceptors (Lipinski definition) is 2. The van der Waals surface area contributed by atoms with E-state index in [1.165, 1.54) is 12.1 Å². The minimum Gasteiger partial charge on any atom is -0.349 e. The molecule has 0 saturated carbocycles. The molecule has 1 fully saturated rings. The number of amides is 2. The van der Waals surface area contributed by atoms with Gasteiger partial charge in [-0.1, -0.05) is 42.5 Å². The number of carbonyl (C=O) groups is 2. The minimum atomic E-state index is -0.506. The fourth-order valence-electron chi connectivity index (χ4n) is 3.31. The highest BCUT2D eigenvalue weighted by Crippen LogP contribution is 2.21. The predicted molar refractivity (Wildman–Crippen MR) is 98.0 cm³/mol. The lowest BCUT2D eigenvalue weighted by atomic mass is 9.94. The standard InChI is InChI=1S/C21H23FN2O2/c1-15(16-7-3-2-4-8-16)23-20(25)17-11-13-24(14-12-17)21(26)18-9-5-6-10-19(18)22/h2-10,15,17H,11-14H2,1H3,(H,23,25)/t15-/m1/s1. The molecule has 1 aliphatic rings. The molecule has 0 spiro atoms. The van der Waals surface area contributed by atoms with E-state index >= 15 is 0 Å². The summed E-state index contributed by atoms with van der Waals surface area (Å²) in [4.78, 5) is 26.6. The Labute approximate surface area is 153 Å². The zero-order valence-corrected chi connectivity index (χ0v) is 14.8. The average molecular weight is 354 g/mol. The number of hydrogen-bond donors (Lipinski definition) is 1. The van der Waals surface area contributed by atoms with Crippen molar-refractivity contribution in [2.45, 2.75) is 25.8 Å².